The number of anilines is 1. The Hall–Kier alpha value is -2.70. The van der Waals surface area contributed by atoms with Crippen molar-refractivity contribution >= 4 is 38.4 Å². The minimum absolute atomic E-state index is 0.0678. The molecule has 1 aliphatic heterocycles. The summed E-state index contributed by atoms with van der Waals surface area (Å²) in [5, 5.41) is 4.50. The molecule has 158 valence electrons. The van der Waals surface area contributed by atoms with Gasteiger partial charge in [-0.2, -0.15) is 0 Å². The zero-order valence-electron chi connectivity index (χ0n) is 17.2. The summed E-state index contributed by atoms with van der Waals surface area (Å²) >= 11 is 3.64. The van der Waals surface area contributed by atoms with Gasteiger partial charge in [-0.25, -0.2) is 4.98 Å². The second-order valence-electron chi connectivity index (χ2n) is 8.10. The van der Waals surface area contributed by atoms with E-state index < -0.39 is 0 Å². The number of carbonyl (C=O) groups is 1. The number of nitrogens with zero attached hydrogens (tertiary/aromatic N) is 1. The molecular weight excluding hydrogens is 456 g/mol. The molecule has 5 nitrogen and oxygen atoms in total. The lowest BCUT2D eigenvalue weighted by molar-refractivity contribution is -0.115. The van der Waals surface area contributed by atoms with Crippen LogP contribution in [0.1, 0.15) is 17.5 Å². The van der Waals surface area contributed by atoms with Crippen LogP contribution in [0.4, 0.5) is 5.82 Å². The Labute approximate surface area is 189 Å². The zero-order valence-corrected chi connectivity index (χ0v) is 18.8. The second-order valence-corrected chi connectivity index (χ2v) is 8.95. The lowest BCUT2D eigenvalue weighted by Gasteiger charge is -2.16. The number of ether oxygens (including phenoxy) is 2. The van der Waals surface area contributed by atoms with Crippen LogP contribution in [0.25, 0.3) is 10.9 Å². The van der Waals surface area contributed by atoms with E-state index >= 15 is 0 Å². The maximum atomic E-state index is 11.7. The summed E-state index contributed by atoms with van der Waals surface area (Å²) in [4.78, 5) is 16.6. The molecule has 2 unspecified atom stereocenters. The molecule has 2 aromatic carbocycles. The molecule has 31 heavy (non-hydrogen) atoms. The molecule has 0 spiro atoms. The molecule has 1 fully saturated rings. The largest absolute Gasteiger partial charge is 0.497 e. The van der Waals surface area contributed by atoms with E-state index in [-0.39, 0.29) is 17.8 Å². The van der Waals surface area contributed by atoms with Gasteiger partial charge in [0, 0.05) is 24.3 Å². The minimum Gasteiger partial charge on any atom is -0.497 e. The molecule has 1 aromatic heterocycles. The Kier molecular flexibility index (Phi) is 5.50. The molecule has 3 aromatic rings. The molecule has 0 saturated carbocycles. The highest BCUT2D eigenvalue weighted by atomic mass is 79.9. The van der Waals surface area contributed by atoms with Crippen molar-refractivity contribution in [2.24, 2.45) is 5.92 Å². The molecule has 2 heterocycles. The molecule has 5 rings (SSSR count). The molecule has 0 amide bonds. The van der Waals surface area contributed by atoms with E-state index in [2.05, 4.69) is 45.5 Å². The molecule has 1 aliphatic carbocycles. The number of hydrogen-bond acceptors (Lipinski definition) is 5. The molecule has 6 heteroatoms. The molecule has 1 N–H and O–H groups in total. The van der Waals surface area contributed by atoms with E-state index in [4.69, 9.17) is 14.5 Å². The third-order valence-electron chi connectivity index (χ3n) is 6.05. The highest BCUT2D eigenvalue weighted by Gasteiger charge is 2.37. The maximum absolute atomic E-state index is 11.7. The van der Waals surface area contributed by atoms with Gasteiger partial charge in [0.15, 0.2) is 5.78 Å². The van der Waals surface area contributed by atoms with Gasteiger partial charge in [0.05, 0.1) is 29.8 Å². The number of ketones is 1. The van der Waals surface area contributed by atoms with E-state index in [0.717, 1.165) is 44.5 Å². The van der Waals surface area contributed by atoms with Gasteiger partial charge in [-0.15, -0.1) is 0 Å². The number of hydrogen-bond donors (Lipinski definition) is 1. The van der Waals surface area contributed by atoms with Crippen molar-refractivity contribution in [3.63, 3.8) is 0 Å². The predicted octanol–water partition coefficient (Wildman–Crippen LogP) is 5.07. The number of fused-ring (bicyclic) bond motifs is 2. The van der Waals surface area contributed by atoms with Gasteiger partial charge >= 0.3 is 0 Å². The van der Waals surface area contributed by atoms with Crippen molar-refractivity contribution in [1.82, 2.24) is 4.98 Å². The van der Waals surface area contributed by atoms with Crippen molar-refractivity contribution in [3.05, 3.63) is 75.8 Å². The van der Waals surface area contributed by atoms with Crippen LogP contribution in [-0.4, -0.2) is 30.6 Å². The Bertz CT molecular complexity index is 1170. The lowest BCUT2D eigenvalue weighted by atomic mass is 9.93. The topological polar surface area (TPSA) is 60.4 Å². The third kappa shape index (κ3) is 4.23. The Morgan fingerprint density at radius 1 is 1.16 bits per heavy atom. The fourth-order valence-corrected chi connectivity index (χ4v) is 4.83. The van der Waals surface area contributed by atoms with E-state index in [1.54, 1.807) is 13.2 Å². The Balaban J connectivity index is 1.33. The summed E-state index contributed by atoms with van der Waals surface area (Å²) < 4.78 is 12.1. The summed E-state index contributed by atoms with van der Waals surface area (Å²) in [7, 11) is 1.67. The van der Waals surface area contributed by atoms with Gasteiger partial charge < -0.3 is 14.8 Å². The van der Waals surface area contributed by atoms with Gasteiger partial charge in [-0.1, -0.05) is 24.3 Å². The number of aromatic nitrogens is 1. The number of halogens is 1. The average Bonchev–Trinajstić information content (AvgIpc) is 3.32. The number of methoxy groups -OCH3 is 1. The van der Waals surface area contributed by atoms with Crippen molar-refractivity contribution in [2.75, 3.05) is 19.0 Å². The van der Waals surface area contributed by atoms with Crippen LogP contribution in [0.3, 0.4) is 0 Å². The van der Waals surface area contributed by atoms with Gasteiger partial charge in [-0.3, -0.25) is 4.79 Å². The van der Waals surface area contributed by atoms with Crippen LogP contribution in [-0.2, 0) is 22.5 Å². The predicted molar refractivity (Wildman–Crippen MR) is 124 cm³/mol. The van der Waals surface area contributed by atoms with E-state index in [1.165, 1.54) is 5.56 Å². The number of nitrogens with one attached hydrogen (secondary N) is 1. The highest BCUT2D eigenvalue weighted by molar-refractivity contribution is 9.10. The van der Waals surface area contributed by atoms with E-state index in [0.29, 0.717) is 19.6 Å². The number of carbonyl (C=O) groups excluding carboxylic acids is 1. The Morgan fingerprint density at radius 3 is 2.77 bits per heavy atom. The molecular formula is C25H23BrN2O3. The molecule has 0 bridgehead atoms. The van der Waals surface area contributed by atoms with Crippen molar-refractivity contribution < 1.29 is 14.3 Å². The first kappa shape index (κ1) is 20.2. The molecule has 2 atom stereocenters. The quantitative estimate of drug-likeness (QED) is 0.535. The molecule has 2 aliphatic rings. The summed E-state index contributed by atoms with van der Waals surface area (Å²) in [6, 6.07) is 16.4. The fourth-order valence-electron chi connectivity index (χ4n) is 4.36. The minimum atomic E-state index is 0.0678. The van der Waals surface area contributed by atoms with Crippen LogP contribution in [0.15, 0.2) is 64.7 Å². The van der Waals surface area contributed by atoms with Crippen LogP contribution >= 0.6 is 15.9 Å². The van der Waals surface area contributed by atoms with Crippen LogP contribution < -0.4 is 10.1 Å². The highest BCUT2D eigenvalue weighted by Crippen LogP contribution is 2.36. The van der Waals surface area contributed by atoms with Crippen LogP contribution in [0.2, 0.25) is 0 Å². The Morgan fingerprint density at radius 2 is 1.97 bits per heavy atom. The van der Waals surface area contributed by atoms with Crippen molar-refractivity contribution in [1.29, 1.82) is 0 Å². The maximum Gasteiger partial charge on any atom is 0.156 e. The standard InChI is InChI=1S/C25H23BrN2O3/c1-30-20-6-3-15(4-7-20)13-27-25-22(26)11-17-5-2-16(8-23(17)28-25)9-24-21-12-19(29)10-18(21)14-31-24/h2-8,10-11,21,24H,9,12-14H2,1H3,(H,27,28). The first-order valence-corrected chi connectivity index (χ1v) is 11.2. The average molecular weight is 479 g/mol. The first-order valence-electron chi connectivity index (χ1n) is 10.4. The first-order chi connectivity index (χ1) is 15.1. The SMILES string of the molecule is COc1ccc(CNc2nc3cc(CC4OCC5=CC(=O)CC54)ccc3cc2Br)cc1. The van der Waals surface area contributed by atoms with E-state index in [1.807, 2.05) is 24.3 Å². The summed E-state index contributed by atoms with van der Waals surface area (Å²) in [5.41, 5.74) is 4.42. The van der Waals surface area contributed by atoms with Crippen LogP contribution in [0.5, 0.6) is 5.75 Å². The van der Waals surface area contributed by atoms with Gasteiger partial charge in [0.2, 0.25) is 0 Å². The smallest absolute Gasteiger partial charge is 0.156 e. The lowest BCUT2D eigenvalue weighted by Crippen LogP contribution is -2.19. The zero-order chi connectivity index (χ0) is 21.4. The second kappa shape index (κ2) is 8.44. The van der Waals surface area contributed by atoms with Crippen molar-refractivity contribution in [3.8, 4) is 5.75 Å². The number of pyridine rings is 1. The van der Waals surface area contributed by atoms with Crippen LogP contribution in [0, 0.1) is 5.92 Å². The van der Waals surface area contributed by atoms with Crippen molar-refractivity contribution in [2.45, 2.75) is 25.5 Å². The summed E-state index contributed by atoms with van der Waals surface area (Å²) in [6.07, 6.45) is 3.21. The molecule has 1 saturated heterocycles. The number of allylic oxidation sites excluding steroid dienone is 1. The monoisotopic (exact) mass is 478 g/mol. The van der Waals surface area contributed by atoms with Gasteiger partial charge in [0.1, 0.15) is 11.6 Å². The summed E-state index contributed by atoms with van der Waals surface area (Å²) in [6.45, 7) is 1.25. The third-order valence-corrected chi connectivity index (χ3v) is 6.65. The normalized spacial score (nSPS) is 20.1. The fraction of sp³-hybridized carbons (Fsp3) is 0.280. The molecule has 0 radical (unpaired) electrons. The number of benzene rings is 2. The number of rotatable bonds is 6. The van der Waals surface area contributed by atoms with Gasteiger partial charge in [0.25, 0.3) is 0 Å². The van der Waals surface area contributed by atoms with E-state index in [9.17, 15) is 4.79 Å². The summed E-state index contributed by atoms with van der Waals surface area (Å²) in [5.74, 6) is 2.12. The van der Waals surface area contributed by atoms with Gasteiger partial charge in [-0.05, 0) is 69.4 Å².